The van der Waals surface area contributed by atoms with Gasteiger partial charge in [0.1, 0.15) is 6.42 Å². The molecular weight excluding hydrogens is 259 g/mol. The molecule has 0 aliphatic heterocycles. The molecular formula is C12H20F3N3O. The minimum Gasteiger partial charge on any atom is -0.339 e. The van der Waals surface area contributed by atoms with Gasteiger partial charge in [-0.3, -0.25) is 0 Å². The van der Waals surface area contributed by atoms with Crippen LogP contribution in [-0.2, 0) is 6.42 Å². The molecule has 19 heavy (non-hydrogen) atoms. The largest absolute Gasteiger partial charge is 0.396 e. The smallest absolute Gasteiger partial charge is 0.339 e. The second-order valence-electron chi connectivity index (χ2n) is 4.60. The third kappa shape index (κ3) is 5.18. The Kier molecular flexibility index (Phi) is 5.78. The molecule has 2 atom stereocenters. The molecule has 0 fully saturated rings. The molecule has 0 aliphatic rings. The number of nitrogens with one attached hydrogen (secondary N) is 1. The van der Waals surface area contributed by atoms with E-state index >= 15 is 0 Å². The van der Waals surface area contributed by atoms with Crippen LogP contribution < -0.4 is 5.32 Å². The fraction of sp³-hybridized carbons (Fsp3) is 0.833. The standard InChI is InChI=1S/C12H20F3N3O/c1-4-6-16-8(3)9(5-2)11-17-10(18-19-11)7-12(13,14)15/h8-9,16H,4-7H2,1-3H3. The maximum atomic E-state index is 12.2. The number of halogens is 3. The monoisotopic (exact) mass is 279 g/mol. The molecule has 0 bridgehead atoms. The van der Waals surface area contributed by atoms with E-state index in [1.807, 2.05) is 13.8 Å². The van der Waals surface area contributed by atoms with E-state index in [9.17, 15) is 13.2 Å². The Balaban J connectivity index is 2.71. The van der Waals surface area contributed by atoms with Crippen molar-refractivity contribution < 1.29 is 17.7 Å². The normalized spacial score (nSPS) is 15.5. The van der Waals surface area contributed by atoms with Crippen LogP contribution in [0.5, 0.6) is 0 Å². The molecule has 1 heterocycles. The fourth-order valence-corrected chi connectivity index (χ4v) is 1.93. The molecule has 2 unspecified atom stereocenters. The Bertz CT molecular complexity index is 379. The molecule has 0 saturated heterocycles. The van der Waals surface area contributed by atoms with E-state index < -0.39 is 12.6 Å². The second-order valence-corrected chi connectivity index (χ2v) is 4.60. The highest BCUT2D eigenvalue weighted by Gasteiger charge is 2.32. The highest BCUT2D eigenvalue weighted by atomic mass is 19.4. The molecule has 110 valence electrons. The predicted octanol–water partition coefficient (Wildman–Crippen LogP) is 3.06. The van der Waals surface area contributed by atoms with Crippen molar-refractivity contribution in [1.82, 2.24) is 15.5 Å². The number of alkyl halides is 3. The van der Waals surface area contributed by atoms with E-state index in [1.54, 1.807) is 0 Å². The molecule has 0 aromatic carbocycles. The van der Waals surface area contributed by atoms with Crippen LogP contribution in [0.25, 0.3) is 0 Å². The summed E-state index contributed by atoms with van der Waals surface area (Å²) in [6.07, 6.45) is -3.74. The Morgan fingerprint density at radius 1 is 1.32 bits per heavy atom. The summed E-state index contributed by atoms with van der Waals surface area (Å²) in [6, 6.07) is 0.0872. The van der Waals surface area contributed by atoms with Gasteiger partial charge in [-0.05, 0) is 26.3 Å². The second kappa shape index (κ2) is 6.88. The van der Waals surface area contributed by atoms with Crippen molar-refractivity contribution in [1.29, 1.82) is 0 Å². The topological polar surface area (TPSA) is 51.0 Å². The number of rotatable bonds is 7. The van der Waals surface area contributed by atoms with Gasteiger partial charge in [-0.1, -0.05) is 19.0 Å². The van der Waals surface area contributed by atoms with E-state index in [0.717, 1.165) is 19.4 Å². The Hall–Kier alpha value is -1.11. The average Bonchev–Trinajstić information content (AvgIpc) is 2.73. The summed E-state index contributed by atoms with van der Waals surface area (Å²) in [6.45, 7) is 6.82. The first-order valence-corrected chi connectivity index (χ1v) is 6.50. The molecule has 0 saturated carbocycles. The van der Waals surface area contributed by atoms with Crippen LogP contribution in [-0.4, -0.2) is 28.9 Å². The van der Waals surface area contributed by atoms with Crippen molar-refractivity contribution in [2.75, 3.05) is 6.54 Å². The molecule has 0 amide bonds. The first-order valence-electron chi connectivity index (χ1n) is 6.50. The van der Waals surface area contributed by atoms with Crippen LogP contribution in [0.15, 0.2) is 4.52 Å². The van der Waals surface area contributed by atoms with Gasteiger partial charge in [0.15, 0.2) is 5.82 Å². The van der Waals surface area contributed by atoms with Crippen molar-refractivity contribution >= 4 is 0 Å². The third-order valence-electron chi connectivity index (χ3n) is 2.92. The van der Waals surface area contributed by atoms with Crippen molar-refractivity contribution in [3.05, 3.63) is 11.7 Å². The summed E-state index contributed by atoms with van der Waals surface area (Å²) in [4.78, 5) is 3.86. The molecule has 4 nitrogen and oxygen atoms in total. The van der Waals surface area contributed by atoms with Gasteiger partial charge >= 0.3 is 6.18 Å². The lowest BCUT2D eigenvalue weighted by molar-refractivity contribution is -0.128. The highest BCUT2D eigenvalue weighted by Crippen LogP contribution is 2.24. The maximum Gasteiger partial charge on any atom is 0.396 e. The van der Waals surface area contributed by atoms with Crippen LogP contribution in [0.1, 0.15) is 51.2 Å². The summed E-state index contributed by atoms with van der Waals surface area (Å²) >= 11 is 0. The first kappa shape index (κ1) is 15.9. The SMILES string of the molecule is CCCNC(C)C(CC)c1nc(CC(F)(F)F)no1. The van der Waals surface area contributed by atoms with Gasteiger partial charge < -0.3 is 9.84 Å². The van der Waals surface area contributed by atoms with Gasteiger partial charge in [0.05, 0.1) is 5.92 Å². The zero-order valence-electron chi connectivity index (χ0n) is 11.4. The van der Waals surface area contributed by atoms with Crippen LogP contribution in [0.2, 0.25) is 0 Å². The number of aromatic nitrogens is 2. The summed E-state index contributed by atoms with van der Waals surface area (Å²) in [7, 11) is 0. The lowest BCUT2D eigenvalue weighted by Crippen LogP contribution is -2.32. The average molecular weight is 279 g/mol. The van der Waals surface area contributed by atoms with Gasteiger partial charge in [-0.15, -0.1) is 0 Å². The quantitative estimate of drug-likeness (QED) is 0.833. The third-order valence-corrected chi connectivity index (χ3v) is 2.92. The van der Waals surface area contributed by atoms with Gasteiger partial charge in [0.2, 0.25) is 5.89 Å². The number of hydrogen-bond donors (Lipinski definition) is 1. The van der Waals surface area contributed by atoms with Crippen LogP contribution in [0.3, 0.4) is 0 Å². The van der Waals surface area contributed by atoms with E-state index in [4.69, 9.17) is 4.52 Å². The molecule has 0 radical (unpaired) electrons. The van der Waals surface area contributed by atoms with E-state index in [-0.39, 0.29) is 23.7 Å². The highest BCUT2D eigenvalue weighted by molar-refractivity contribution is 4.98. The summed E-state index contributed by atoms with van der Waals surface area (Å²) < 4.78 is 41.6. The minimum atomic E-state index is -4.31. The van der Waals surface area contributed by atoms with E-state index in [2.05, 4.69) is 22.4 Å². The molecule has 1 aromatic rings. The van der Waals surface area contributed by atoms with Crippen LogP contribution in [0, 0.1) is 0 Å². The Labute approximate surface area is 110 Å². The summed E-state index contributed by atoms with van der Waals surface area (Å²) in [5.74, 6) is -0.0949. The molecule has 1 aromatic heterocycles. The zero-order valence-corrected chi connectivity index (χ0v) is 11.4. The molecule has 1 rings (SSSR count). The predicted molar refractivity (Wildman–Crippen MR) is 64.8 cm³/mol. The molecule has 1 N–H and O–H groups in total. The van der Waals surface area contributed by atoms with Crippen molar-refractivity contribution in [3.8, 4) is 0 Å². The van der Waals surface area contributed by atoms with Crippen molar-refractivity contribution in [2.24, 2.45) is 0 Å². The van der Waals surface area contributed by atoms with Crippen molar-refractivity contribution in [2.45, 2.75) is 58.2 Å². The molecule has 7 heteroatoms. The van der Waals surface area contributed by atoms with Crippen LogP contribution in [0.4, 0.5) is 13.2 Å². The van der Waals surface area contributed by atoms with Crippen LogP contribution >= 0.6 is 0 Å². The van der Waals surface area contributed by atoms with E-state index in [1.165, 1.54) is 0 Å². The minimum absolute atomic E-state index is 0.0685. The van der Waals surface area contributed by atoms with Gasteiger partial charge in [0.25, 0.3) is 0 Å². The maximum absolute atomic E-state index is 12.2. The Morgan fingerprint density at radius 3 is 2.53 bits per heavy atom. The van der Waals surface area contributed by atoms with Gasteiger partial charge in [-0.2, -0.15) is 18.2 Å². The van der Waals surface area contributed by atoms with Crippen molar-refractivity contribution in [3.63, 3.8) is 0 Å². The number of hydrogen-bond acceptors (Lipinski definition) is 4. The summed E-state index contributed by atoms with van der Waals surface area (Å²) in [5, 5.41) is 6.69. The first-order chi connectivity index (χ1) is 8.87. The Morgan fingerprint density at radius 2 is 2.00 bits per heavy atom. The summed E-state index contributed by atoms with van der Waals surface area (Å²) in [5.41, 5.74) is 0. The lowest BCUT2D eigenvalue weighted by Gasteiger charge is -2.20. The fourth-order valence-electron chi connectivity index (χ4n) is 1.93. The molecule has 0 aliphatic carbocycles. The zero-order chi connectivity index (χ0) is 14.5. The lowest BCUT2D eigenvalue weighted by atomic mass is 9.98. The van der Waals surface area contributed by atoms with E-state index in [0.29, 0.717) is 0 Å². The van der Waals surface area contributed by atoms with Gasteiger partial charge in [-0.25, -0.2) is 0 Å². The van der Waals surface area contributed by atoms with Gasteiger partial charge in [0, 0.05) is 6.04 Å². The number of nitrogens with zero attached hydrogens (tertiary/aromatic N) is 2. The molecule has 0 spiro atoms.